The predicted octanol–water partition coefficient (Wildman–Crippen LogP) is 21.8. The zero-order valence-electron chi connectivity index (χ0n) is 73.0. The molecule has 0 fully saturated rings. The molecule has 14 aromatic rings. The molecule has 0 unspecified atom stereocenters. The van der Waals surface area contributed by atoms with Crippen LogP contribution in [0.5, 0.6) is 0 Å². The Hall–Kier alpha value is -12.7. The molecule has 0 aliphatic carbocycles. The molecule has 3 amide bonds. The number of nitrogens with one attached hydrogen (secondary N) is 7. The minimum Gasteiger partial charge on any atom is -0.461 e. The van der Waals surface area contributed by atoms with E-state index in [2.05, 4.69) is 70.9 Å². The van der Waals surface area contributed by atoms with Crippen molar-refractivity contribution in [3.8, 4) is 0 Å². The molecule has 12 aromatic heterocycles. The molecule has 121 heavy (non-hydrogen) atoms. The Kier molecular flexibility index (Phi) is 56.5. The van der Waals surface area contributed by atoms with Gasteiger partial charge in [0.15, 0.2) is 5.78 Å². The van der Waals surface area contributed by atoms with E-state index in [4.69, 9.17) is 43.0 Å². The molecular weight excluding hydrogens is 1580 g/mol. The minimum atomic E-state index is -0.357. The van der Waals surface area contributed by atoms with Gasteiger partial charge >= 0.3 is 11.9 Å². The van der Waals surface area contributed by atoms with Gasteiger partial charge < -0.3 is 64.8 Å². The monoisotopic (exact) mass is 1700 g/mol. The van der Waals surface area contributed by atoms with Gasteiger partial charge in [0.05, 0.1) is 52.9 Å². The molecule has 0 spiro atoms. The Morgan fingerprint density at radius 3 is 1.21 bits per heavy atom. The Balaban J connectivity index is 0.000000695. The van der Waals surface area contributed by atoms with Crippen molar-refractivity contribution < 1.29 is 53.3 Å². The highest BCUT2D eigenvalue weighted by atomic mass is 35.5. The number of nitrogens with zero attached hydrogens (tertiary/aromatic N) is 9. The molecular formula is C92H122Cl2N16O11. The van der Waals surface area contributed by atoms with E-state index in [-0.39, 0.29) is 60.5 Å². The number of fused-ring (bicyclic) bond motifs is 6. The summed E-state index contributed by atoms with van der Waals surface area (Å²) in [6, 6.07) is 42.4. The third-order valence-corrected chi connectivity index (χ3v) is 16.1. The largest absolute Gasteiger partial charge is 0.461 e. The van der Waals surface area contributed by atoms with Gasteiger partial charge in [-0.2, -0.15) is 0 Å². The summed E-state index contributed by atoms with van der Waals surface area (Å²) in [6.07, 6.45) is 24.1. The lowest BCUT2D eigenvalue weighted by molar-refractivity contribution is -0.116. The van der Waals surface area contributed by atoms with Crippen molar-refractivity contribution in [2.45, 2.75) is 176 Å². The van der Waals surface area contributed by atoms with Gasteiger partial charge in [-0.25, -0.2) is 39.5 Å². The van der Waals surface area contributed by atoms with E-state index in [1.54, 1.807) is 125 Å². The highest BCUT2D eigenvalue weighted by Crippen LogP contribution is 2.27. The van der Waals surface area contributed by atoms with Crippen molar-refractivity contribution in [1.29, 1.82) is 0 Å². The van der Waals surface area contributed by atoms with Gasteiger partial charge in [-0.1, -0.05) is 166 Å². The van der Waals surface area contributed by atoms with E-state index in [0.717, 1.165) is 88.7 Å². The number of aliphatic hydroxyl groups is 1. The van der Waals surface area contributed by atoms with E-state index < -0.39 is 0 Å². The zero-order valence-corrected chi connectivity index (χ0v) is 74.6. The van der Waals surface area contributed by atoms with E-state index in [1.165, 1.54) is 0 Å². The molecule has 0 radical (unpaired) electrons. The van der Waals surface area contributed by atoms with Crippen molar-refractivity contribution in [1.82, 2.24) is 59.0 Å². The number of aromatic nitrogens is 12. The molecule has 14 rings (SSSR count). The highest BCUT2D eigenvalue weighted by Gasteiger charge is 2.16. The molecule has 2 aromatic carbocycles. The molecule has 0 saturated carbocycles. The van der Waals surface area contributed by atoms with Crippen LogP contribution in [0.4, 0.5) is 17.1 Å². The fourth-order valence-corrected chi connectivity index (χ4v) is 10.2. The standard InChI is InChI=1S/C19H19N3O3.C12H15N3O2.2C10H11N3O.C10H10N2O.C9H9ClO2.C7H6N2.C3H5ClO.6C2H6/c1-2-17(23)21-16-13-22(18-15(16)9-6-10-20-18)11-12-25-19(24)14-7-4-3-5-8-14;1-2-11(17)14-10-8-15(6-7-16)12-9(10)4-3-5-13-12;1-2-9(14)13-8-6-12-10-7(8)4-3-5-11-10;1-2-9(13-14)8-6-12-10-7(8)4-3-5-11-10;1-2-9(13)8-6-12-10-7(8)4-3-5-11-10;10-6-7-12-9(11)8-4-2-1-3-5-8;1-2-6-3-5-9-7(6)8-4-1;1-2-3(4)5;6*1-2/h3-10,13H,2,11-12H2,1H3,(H,21,23);3-5,8,16H,2,6-7H2,1H3,(H,14,17);3-6H,2H2,1H3,(H,11,12)(H,13,14);3-6,14H,2H2,1H3,(H,11,12);3-6H,2H2,1H3,(H,11,12);1-5H,6-7H2;1-5H,(H,8,9);2H2,1H3;6*1-2H3/b;;;13-9+;;;;;;;;;;. The Morgan fingerprint density at radius 2 is 0.793 bits per heavy atom. The summed E-state index contributed by atoms with van der Waals surface area (Å²) < 4.78 is 13.8. The van der Waals surface area contributed by atoms with Crippen LogP contribution in [0, 0.1) is 0 Å². The maximum atomic E-state index is 12.0. The normalized spacial score (nSPS) is 9.74. The topological polar surface area (TPSA) is 377 Å². The van der Waals surface area contributed by atoms with Gasteiger partial charge in [0.1, 0.15) is 47.1 Å². The Labute approximate surface area is 720 Å². The molecule has 27 nitrogen and oxygen atoms in total. The molecule has 0 aliphatic rings. The number of esters is 2. The van der Waals surface area contributed by atoms with Gasteiger partial charge in [0.2, 0.25) is 23.0 Å². The number of H-pyrrole nitrogens is 4. The zero-order chi connectivity index (χ0) is 90.3. The summed E-state index contributed by atoms with van der Waals surface area (Å²) in [6.45, 7) is 36.4. The molecule has 0 aliphatic heterocycles. The number of pyridine rings is 6. The lowest BCUT2D eigenvalue weighted by Gasteiger charge is -2.06. The van der Waals surface area contributed by atoms with E-state index >= 15 is 0 Å². The van der Waals surface area contributed by atoms with E-state index in [0.29, 0.717) is 80.0 Å². The average molecular weight is 1700 g/mol. The summed E-state index contributed by atoms with van der Waals surface area (Å²) in [5.41, 5.74) is 10.5. The van der Waals surface area contributed by atoms with Crippen LogP contribution in [0.3, 0.4) is 0 Å². The number of Topliss-reactive ketones (excluding diaryl/α,β-unsaturated/α-hetero) is 1. The number of carbonyl (C=O) groups is 7. The predicted molar refractivity (Wildman–Crippen MR) is 494 cm³/mol. The number of carbonyl (C=O) groups excluding carboxylic acids is 7. The molecule has 0 bridgehead atoms. The highest BCUT2D eigenvalue weighted by molar-refractivity contribution is 6.63. The van der Waals surface area contributed by atoms with Crippen LogP contribution in [0.2, 0.25) is 0 Å². The number of anilines is 3. The van der Waals surface area contributed by atoms with Gasteiger partial charge in [-0.3, -0.25) is 24.0 Å². The van der Waals surface area contributed by atoms with Gasteiger partial charge in [-0.15, -0.1) is 11.6 Å². The fraction of sp³-hybridized carbons (Fsp3) is 0.326. The SMILES string of the molecule is CC.CC.CC.CC.CC.CC.CC/C(=N\O)c1c[nH]c2ncccc12.CCC(=O)Cl.CCC(=O)Nc1c[nH]c2ncccc12.CCC(=O)Nc1cn(CCO)c2ncccc12.CCC(=O)Nc1cn(CCOC(=O)c2ccccc2)c2ncccc12.CCC(=O)c1c[nH]c2ncccc12.O=C(OCCCl)c1ccccc1.c1cnc2[nH]ccc2c1. The van der Waals surface area contributed by atoms with Crippen molar-refractivity contribution in [2.24, 2.45) is 5.16 Å². The van der Waals surface area contributed by atoms with Gasteiger partial charge in [-0.05, 0) is 121 Å². The Bertz CT molecular complexity index is 5220. The van der Waals surface area contributed by atoms with Gasteiger partial charge in [0.25, 0.3) is 0 Å². The van der Waals surface area contributed by atoms with Crippen molar-refractivity contribution in [3.05, 3.63) is 236 Å². The second-order valence-corrected chi connectivity index (χ2v) is 23.8. The number of hydrogen-bond acceptors (Lipinski definition) is 18. The summed E-state index contributed by atoms with van der Waals surface area (Å²) in [4.78, 5) is 115. The fourth-order valence-electron chi connectivity index (χ4n) is 10.1. The number of oxime groups is 1. The van der Waals surface area contributed by atoms with Crippen molar-refractivity contribution in [3.63, 3.8) is 0 Å². The molecule has 0 saturated heterocycles. The first-order valence-electron chi connectivity index (χ1n) is 41.0. The summed E-state index contributed by atoms with van der Waals surface area (Å²) in [7, 11) is 0. The van der Waals surface area contributed by atoms with Crippen LogP contribution in [0.15, 0.2) is 219 Å². The number of aliphatic hydroxyl groups excluding tert-OH is 1. The third-order valence-electron chi connectivity index (χ3n) is 15.6. The molecule has 9 N–H and O–H groups in total. The number of benzene rings is 2. The van der Waals surface area contributed by atoms with E-state index in [1.807, 2.05) is 223 Å². The molecule has 650 valence electrons. The summed E-state index contributed by atoms with van der Waals surface area (Å²) >= 11 is 10.2. The number of amides is 3. The second kappa shape index (κ2) is 64.3. The van der Waals surface area contributed by atoms with Crippen molar-refractivity contribution in [2.75, 3.05) is 41.7 Å². The number of hydrogen-bond donors (Lipinski definition) is 9. The average Bonchev–Trinajstić information content (AvgIpc) is 1.67. The first-order valence-corrected chi connectivity index (χ1v) is 41.9. The smallest absolute Gasteiger partial charge is 0.338 e. The molecule has 12 heterocycles. The van der Waals surface area contributed by atoms with E-state index in [9.17, 15) is 33.6 Å². The number of ether oxygens (including phenoxy) is 2. The maximum Gasteiger partial charge on any atom is 0.338 e. The van der Waals surface area contributed by atoms with Crippen LogP contribution >= 0.6 is 23.2 Å². The lowest BCUT2D eigenvalue weighted by atomic mass is 10.1. The van der Waals surface area contributed by atoms with Crippen LogP contribution < -0.4 is 16.0 Å². The number of alkyl halides is 1. The number of rotatable bonds is 20. The lowest BCUT2D eigenvalue weighted by Crippen LogP contribution is -2.11. The van der Waals surface area contributed by atoms with Crippen LogP contribution in [-0.4, -0.2) is 141 Å². The number of ketones is 1. The third kappa shape index (κ3) is 36.2. The maximum absolute atomic E-state index is 12.0. The molecule has 0 atom stereocenters. The summed E-state index contributed by atoms with van der Waals surface area (Å²) in [5.74, 6) is -0.274. The van der Waals surface area contributed by atoms with Gasteiger partial charge in [0, 0.05) is 156 Å². The minimum absolute atomic E-state index is 0.00903. The second-order valence-electron chi connectivity index (χ2n) is 23.0. The Morgan fingerprint density at radius 1 is 0.413 bits per heavy atom. The first-order chi connectivity index (χ1) is 59.0. The first kappa shape index (κ1) is 106. The summed E-state index contributed by atoms with van der Waals surface area (Å²) in [5, 5.41) is 35.0. The van der Waals surface area contributed by atoms with Crippen LogP contribution in [0.1, 0.15) is 200 Å². The van der Waals surface area contributed by atoms with Crippen LogP contribution in [-0.2, 0) is 41.7 Å². The number of aromatic amines is 4. The molecule has 29 heteroatoms. The number of halogens is 2. The van der Waals surface area contributed by atoms with Crippen LogP contribution in [0.25, 0.3) is 66.2 Å². The quantitative estimate of drug-likeness (QED) is 0.00651. The van der Waals surface area contributed by atoms with Crippen molar-refractivity contribution >= 4 is 153 Å².